The molecule has 40 heavy (non-hydrogen) atoms. The second-order valence-corrected chi connectivity index (χ2v) is 9.88. The first-order valence-corrected chi connectivity index (χ1v) is 13.0. The van der Waals surface area contributed by atoms with Crippen LogP contribution in [0.1, 0.15) is 32.2 Å². The van der Waals surface area contributed by atoms with E-state index in [0.717, 1.165) is 22.3 Å². The van der Waals surface area contributed by atoms with Gasteiger partial charge in [0, 0.05) is 23.2 Å². The highest BCUT2D eigenvalue weighted by Gasteiger charge is 2.17. The van der Waals surface area contributed by atoms with Crippen molar-refractivity contribution in [1.29, 1.82) is 0 Å². The van der Waals surface area contributed by atoms with Crippen molar-refractivity contribution in [3.05, 3.63) is 118 Å². The van der Waals surface area contributed by atoms with Crippen LogP contribution in [0.3, 0.4) is 0 Å². The number of nitrogens with one attached hydrogen (secondary N) is 1. The lowest BCUT2D eigenvalue weighted by atomic mass is 10.1. The lowest BCUT2D eigenvalue weighted by Gasteiger charge is -2.11. The van der Waals surface area contributed by atoms with Crippen molar-refractivity contribution in [2.45, 2.75) is 6.54 Å². The zero-order chi connectivity index (χ0) is 28.4. The molecule has 0 amide bonds. The third-order valence-corrected chi connectivity index (χ3v) is 7.12. The minimum atomic E-state index is -1.15. The number of hydrogen-bond acceptors (Lipinski definition) is 5. The Morgan fingerprint density at radius 1 is 0.875 bits per heavy atom. The quantitative estimate of drug-likeness (QED) is 0.166. The van der Waals surface area contributed by atoms with Gasteiger partial charge in [0.2, 0.25) is 5.76 Å². The van der Waals surface area contributed by atoms with Gasteiger partial charge in [-0.05, 0) is 48.0 Å². The molecule has 5 rings (SSSR count). The van der Waals surface area contributed by atoms with Crippen molar-refractivity contribution in [3.8, 4) is 28.3 Å². The van der Waals surface area contributed by atoms with Gasteiger partial charge < -0.3 is 19.9 Å². The summed E-state index contributed by atoms with van der Waals surface area (Å²) in [7, 11) is 0. The van der Waals surface area contributed by atoms with E-state index < -0.39 is 11.9 Å². The molecular formula is C29H19Cl2N3O5S. The van der Waals surface area contributed by atoms with Gasteiger partial charge in [-0.3, -0.25) is 0 Å². The van der Waals surface area contributed by atoms with E-state index in [1.807, 2.05) is 48.5 Å². The molecular weight excluding hydrogens is 573 g/mol. The Labute approximate surface area is 243 Å². The molecule has 5 aromatic rings. The highest BCUT2D eigenvalue weighted by Crippen LogP contribution is 2.29. The Kier molecular flexibility index (Phi) is 7.70. The van der Waals surface area contributed by atoms with Gasteiger partial charge >= 0.3 is 11.9 Å². The zero-order valence-corrected chi connectivity index (χ0v) is 22.8. The van der Waals surface area contributed by atoms with Crippen LogP contribution in [0.15, 0.2) is 89.3 Å². The summed E-state index contributed by atoms with van der Waals surface area (Å²) in [5.74, 6) is -1.94. The summed E-state index contributed by atoms with van der Waals surface area (Å²) < 4.78 is 6.90. The average molecular weight is 592 g/mol. The normalized spacial score (nSPS) is 10.8. The molecule has 0 atom stereocenters. The van der Waals surface area contributed by atoms with E-state index >= 15 is 0 Å². The number of halogens is 2. The fourth-order valence-electron chi connectivity index (χ4n) is 4.02. The zero-order valence-electron chi connectivity index (χ0n) is 20.5. The highest BCUT2D eigenvalue weighted by atomic mass is 35.5. The Hall–Kier alpha value is -4.44. The smallest absolute Gasteiger partial charge is 0.371 e. The van der Waals surface area contributed by atoms with E-state index in [0.29, 0.717) is 38.7 Å². The average Bonchev–Trinajstić information content (AvgIpc) is 3.62. The van der Waals surface area contributed by atoms with E-state index in [-0.39, 0.29) is 11.5 Å². The number of thiocarbonyl (C=S) groups is 1. The lowest BCUT2D eigenvalue weighted by molar-refractivity contribution is 0.0660. The predicted molar refractivity (Wildman–Crippen MR) is 156 cm³/mol. The van der Waals surface area contributed by atoms with Gasteiger partial charge in [0.05, 0.1) is 21.4 Å². The number of rotatable bonds is 8. The molecule has 0 bridgehead atoms. The molecule has 0 aliphatic carbocycles. The van der Waals surface area contributed by atoms with Crippen LogP contribution in [0.5, 0.6) is 0 Å². The van der Waals surface area contributed by atoms with E-state index in [4.69, 9.17) is 44.9 Å². The molecule has 0 aliphatic rings. The van der Waals surface area contributed by atoms with Crippen molar-refractivity contribution in [3.63, 3.8) is 0 Å². The maximum absolute atomic E-state index is 11.6. The number of aromatic nitrogens is 2. The molecule has 0 aliphatic heterocycles. The monoisotopic (exact) mass is 591 g/mol. The largest absolute Gasteiger partial charge is 0.476 e. The van der Waals surface area contributed by atoms with Crippen LogP contribution in [0.4, 0.5) is 0 Å². The highest BCUT2D eigenvalue weighted by molar-refractivity contribution is 7.80. The molecule has 0 saturated carbocycles. The summed E-state index contributed by atoms with van der Waals surface area (Å²) in [5, 5.41) is 26.8. The van der Waals surface area contributed by atoms with Crippen molar-refractivity contribution in [1.82, 2.24) is 15.1 Å². The van der Waals surface area contributed by atoms with E-state index in [2.05, 4.69) is 10.4 Å². The number of carboxylic acids is 2. The number of hydrogen-bond donors (Lipinski definition) is 3. The van der Waals surface area contributed by atoms with Crippen LogP contribution in [0, 0.1) is 0 Å². The van der Waals surface area contributed by atoms with Crippen LogP contribution >= 0.6 is 35.4 Å². The molecule has 0 fully saturated rings. The number of benzene rings is 3. The third-order valence-electron chi connectivity index (χ3n) is 6.00. The van der Waals surface area contributed by atoms with Crippen molar-refractivity contribution < 1.29 is 24.2 Å². The molecule has 200 valence electrons. The van der Waals surface area contributed by atoms with Gasteiger partial charge in [-0.15, -0.1) is 0 Å². The third kappa shape index (κ3) is 5.76. The standard InChI is InChI=1S/C29H19Cl2N3O5S/c30-21-9-8-20(13-22(21)31)34-24(14-23(33-34)28(35)36)17-4-6-18(7-5-17)27(40)32-15-16-2-1-3-19(12-16)25-10-11-26(39-25)29(37)38/h1-14H,15H2,(H,32,40)(H,35,36)(H,37,38). The summed E-state index contributed by atoms with van der Waals surface area (Å²) in [6.45, 7) is 0.437. The molecule has 0 spiro atoms. The number of nitrogens with zero attached hydrogens (tertiary/aromatic N) is 2. The van der Waals surface area contributed by atoms with Crippen LogP contribution < -0.4 is 5.32 Å². The fraction of sp³-hybridized carbons (Fsp3) is 0.0345. The first-order chi connectivity index (χ1) is 19.2. The van der Waals surface area contributed by atoms with Crippen LogP contribution in [-0.4, -0.2) is 36.9 Å². The Bertz CT molecular complexity index is 1760. The molecule has 2 aromatic heterocycles. The molecule has 0 saturated heterocycles. The summed E-state index contributed by atoms with van der Waals surface area (Å²) >= 11 is 17.8. The maximum Gasteiger partial charge on any atom is 0.371 e. The van der Waals surface area contributed by atoms with Gasteiger partial charge in [-0.25, -0.2) is 14.3 Å². The molecule has 3 N–H and O–H groups in total. The summed E-state index contributed by atoms with van der Waals surface area (Å²) in [5.41, 5.74) is 4.18. The predicted octanol–water partition coefficient (Wildman–Crippen LogP) is 6.97. The Balaban J connectivity index is 1.32. The van der Waals surface area contributed by atoms with E-state index in [1.165, 1.54) is 16.8 Å². The van der Waals surface area contributed by atoms with Gasteiger partial charge in [0.15, 0.2) is 5.69 Å². The minimum Gasteiger partial charge on any atom is -0.476 e. The molecule has 11 heteroatoms. The summed E-state index contributed by atoms with van der Waals surface area (Å²) in [4.78, 5) is 23.3. The fourth-order valence-corrected chi connectivity index (χ4v) is 4.52. The molecule has 2 heterocycles. The number of furan rings is 1. The first-order valence-electron chi connectivity index (χ1n) is 11.8. The van der Waals surface area contributed by atoms with Crippen molar-refractivity contribution in [2.24, 2.45) is 0 Å². The molecule has 8 nitrogen and oxygen atoms in total. The van der Waals surface area contributed by atoms with Gasteiger partial charge in [-0.1, -0.05) is 77.9 Å². The SMILES string of the molecule is O=C(O)c1cc(-c2ccc(C(=S)NCc3cccc(-c4ccc(C(=O)O)o4)c3)cc2)n(-c2ccc(Cl)c(Cl)c2)n1. The lowest BCUT2D eigenvalue weighted by Crippen LogP contribution is -2.21. The van der Waals surface area contributed by atoms with Crippen LogP contribution in [0.2, 0.25) is 10.0 Å². The molecule has 0 radical (unpaired) electrons. The van der Waals surface area contributed by atoms with E-state index in [1.54, 1.807) is 24.3 Å². The summed E-state index contributed by atoms with van der Waals surface area (Å²) in [6.07, 6.45) is 0. The van der Waals surface area contributed by atoms with Crippen molar-refractivity contribution >= 4 is 52.3 Å². The second-order valence-electron chi connectivity index (χ2n) is 8.66. The first kappa shape index (κ1) is 27.1. The van der Waals surface area contributed by atoms with Crippen LogP contribution in [0.25, 0.3) is 28.3 Å². The van der Waals surface area contributed by atoms with Gasteiger partial charge in [0.1, 0.15) is 10.7 Å². The van der Waals surface area contributed by atoms with Gasteiger partial charge in [0.25, 0.3) is 0 Å². The summed E-state index contributed by atoms with van der Waals surface area (Å²) in [6, 6.07) is 24.3. The second kappa shape index (κ2) is 11.4. The Morgan fingerprint density at radius 3 is 2.33 bits per heavy atom. The Morgan fingerprint density at radius 2 is 1.65 bits per heavy atom. The molecule has 0 unspecified atom stereocenters. The topological polar surface area (TPSA) is 118 Å². The molecule has 3 aromatic carbocycles. The number of carbonyl (C=O) groups is 2. The number of carboxylic acid groups (broad SMARTS) is 2. The van der Waals surface area contributed by atoms with Crippen molar-refractivity contribution in [2.75, 3.05) is 0 Å². The van der Waals surface area contributed by atoms with Crippen LogP contribution in [-0.2, 0) is 6.54 Å². The van der Waals surface area contributed by atoms with E-state index in [9.17, 15) is 14.7 Å². The van der Waals surface area contributed by atoms with Gasteiger partial charge in [-0.2, -0.15) is 5.10 Å². The minimum absolute atomic E-state index is 0.113. The number of aromatic carboxylic acids is 2. The maximum atomic E-state index is 11.6.